The third-order valence-corrected chi connectivity index (χ3v) is 4.62. The Balaban J connectivity index is 2.48. The van der Waals surface area contributed by atoms with Crippen LogP contribution in [0.3, 0.4) is 0 Å². The molecular weight excluding hydrogens is 258 g/mol. The number of nitrogens with zero attached hydrogens (tertiary/aromatic N) is 1. The Labute approximate surface area is 108 Å². The highest BCUT2D eigenvalue weighted by Crippen LogP contribution is 2.32. The van der Waals surface area contributed by atoms with Gasteiger partial charge in [0.2, 0.25) is 0 Å². The van der Waals surface area contributed by atoms with Crippen LogP contribution in [-0.4, -0.2) is 52.0 Å². The molecule has 1 aliphatic carbocycles. The van der Waals surface area contributed by atoms with Crippen molar-refractivity contribution in [3.05, 3.63) is 0 Å². The highest BCUT2D eigenvalue weighted by molar-refractivity contribution is 7.87. The van der Waals surface area contributed by atoms with Crippen LogP contribution < -0.4 is 10.5 Å². The highest BCUT2D eigenvalue weighted by atomic mass is 32.2. The first-order valence-electron chi connectivity index (χ1n) is 5.91. The summed E-state index contributed by atoms with van der Waals surface area (Å²) in [6, 6.07) is -0.212. The standard InChI is InChI=1S/C10H21N3O4S/c1-13(6-5-10(14)17-2)18(15,16)12-9(7-11)8-3-4-8/h8-9,12H,3-7,11H2,1-2H3. The van der Waals surface area contributed by atoms with Gasteiger partial charge in [0.25, 0.3) is 10.2 Å². The van der Waals surface area contributed by atoms with E-state index < -0.39 is 16.2 Å². The Kier molecular flexibility index (Phi) is 5.51. The summed E-state index contributed by atoms with van der Waals surface area (Å²) in [4.78, 5) is 11.0. The Bertz CT molecular complexity index is 381. The lowest BCUT2D eigenvalue weighted by Crippen LogP contribution is -2.48. The van der Waals surface area contributed by atoms with E-state index in [1.165, 1.54) is 14.2 Å². The monoisotopic (exact) mass is 279 g/mol. The third-order valence-electron chi connectivity index (χ3n) is 3.01. The zero-order valence-corrected chi connectivity index (χ0v) is 11.6. The molecule has 7 nitrogen and oxygen atoms in total. The molecule has 1 rings (SSSR count). The van der Waals surface area contributed by atoms with Crippen LogP contribution in [0.25, 0.3) is 0 Å². The average molecular weight is 279 g/mol. The van der Waals surface area contributed by atoms with E-state index in [0.29, 0.717) is 5.92 Å². The van der Waals surface area contributed by atoms with Gasteiger partial charge in [0.15, 0.2) is 0 Å². The number of ether oxygens (including phenoxy) is 1. The Morgan fingerprint density at radius 1 is 1.56 bits per heavy atom. The molecule has 0 radical (unpaired) electrons. The first-order valence-corrected chi connectivity index (χ1v) is 7.35. The first-order chi connectivity index (χ1) is 8.40. The van der Waals surface area contributed by atoms with Crippen molar-refractivity contribution in [2.24, 2.45) is 11.7 Å². The van der Waals surface area contributed by atoms with Gasteiger partial charge in [0.05, 0.1) is 13.5 Å². The van der Waals surface area contributed by atoms with Crippen molar-refractivity contribution in [3.63, 3.8) is 0 Å². The summed E-state index contributed by atoms with van der Waals surface area (Å²) in [5.41, 5.74) is 5.55. The van der Waals surface area contributed by atoms with Crippen molar-refractivity contribution >= 4 is 16.2 Å². The molecule has 1 unspecified atom stereocenters. The van der Waals surface area contributed by atoms with E-state index in [4.69, 9.17) is 5.73 Å². The molecule has 1 fully saturated rings. The van der Waals surface area contributed by atoms with Crippen LogP contribution in [0.1, 0.15) is 19.3 Å². The van der Waals surface area contributed by atoms with Gasteiger partial charge >= 0.3 is 5.97 Å². The smallest absolute Gasteiger partial charge is 0.306 e. The van der Waals surface area contributed by atoms with E-state index in [-0.39, 0.29) is 25.6 Å². The second-order valence-corrected chi connectivity index (χ2v) is 6.26. The lowest BCUT2D eigenvalue weighted by molar-refractivity contribution is -0.140. The molecule has 18 heavy (non-hydrogen) atoms. The molecule has 0 aromatic heterocycles. The Morgan fingerprint density at radius 3 is 2.61 bits per heavy atom. The normalized spacial score (nSPS) is 17.8. The van der Waals surface area contributed by atoms with Gasteiger partial charge in [-0.3, -0.25) is 4.79 Å². The van der Waals surface area contributed by atoms with Gasteiger partial charge in [0.1, 0.15) is 0 Å². The number of nitrogens with two attached hydrogens (primary N) is 1. The average Bonchev–Trinajstić information content (AvgIpc) is 3.16. The second kappa shape index (κ2) is 6.46. The van der Waals surface area contributed by atoms with Crippen molar-refractivity contribution < 1.29 is 17.9 Å². The minimum atomic E-state index is -3.58. The lowest BCUT2D eigenvalue weighted by atomic mass is 10.2. The Hall–Kier alpha value is -0.700. The van der Waals surface area contributed by atoms with Crippen molar-refractivity contribution in [2.75, 3.05) is 27.2 Å². The molecule has 0 heterocycles. The molecule has 0 amide bonds. The van der Waals surface area contributed by atoms with Crippen LogP contribution in [0.15, 0.2) is 0 Å². The van der Waals surface area contributed by atoms with Crippen LogP contribution in [0.4, 0.5) is 0 Å². The van der Waals surface area contributed by atoms with Crippen molar-refractivity contribution in [2.45, 2.75) is 25.3 Å². The maximum Gasteiger partial charge on any atom is 0.306 e. The number of carbonyl (C=O) groups is 1. The van der Waals surface area contributed by atoms with Gasteiger partial charge in [-0.15, -0.1) is 0 Å². The fourth-order valence-electron chi connectivity index (χ4n) is 1.59. The van der Waals surface area contributed by atoms with Crippen molar-refractivity contribution in [1.82, 2.24) is 9.03 Å². The summed E-state index contributed by atoms with van der Waals surface area (Å²) in [6.45, 7) is 0.374. The van der Waals surface area contributed by atoms with E-state index >= 15 is 0 Å². The molecule has 0 bridgehead atoms. The molecule has 1 atom stereocenters. The van der Waals surface area contributed by atoms with Gasteiger partial charge in [-0.25, -0.2) is 0 Å². The van der Waals surface area contributed by atoms with Gasteiger partial charge in [0, 0.05) is 26.2 Å². The maximum absolute atomic E-state index is 11.9. The van der Waals surface area contributed by atoms with Crippen molar-refractivity contribution in [1.29, 1.82) is 0 Å². The number of methoxy groups -OCH3 is 1. The zero-order valence-electron chi connectivity index (χ0n) is 10.8. The summed E-state index contributed by atoms with van der Waals surface area (Å²) in [5, 5.41) is 0. The van der Waals surface area contributed by atoms with Crippen LogP contribution in [0.2, 0.25) is 0 Å². The topological polar surface area (TPSA) is 102 Å². The number of rotatable bonds is 8. The van der Waals surface area contributed by atoms with E-state index in [1.807, 2.05) is 0 Å². The molecular formula is C10H21N3O4S. The molecule has 0 aromatic carbocycles. The predicted molar refractivity (Wildman–Crippen MR) is 66.9 cm³/mol. The number of hydrogen-bond donors (Lipinski definition) is 2. The van der Waals surface area contributed by atoms with E-state index in [1.54, 1.807) is 0 Å². The molecule has 1 saturated carbocycles. The fourth-order valence-corrected chi connectivity index (χ4v) is 2.77. The summed E-state index contributed by atoms with van der Waals surface area (Å²) < 4.78 is 32.0. The molecule has 0 aromatic rings. The summed E-state index contributed by atoms with van der Waals surface area (Å²) >= 11 is 0. The fraction of sp³-hybridized carbons (Fsp3) is 0.900. The summed E-state index contributed by atoms with van der Waals surface area (Å²) in [6.07, 6.45) is 2.05. The van der Waals surface area contributed by atoms with E-state index in [0.717, 1.165) is 17.1 Å². The minimum absolute atomic E-state index is 0.0324. The summed E-state index contributed by atoms with van der Waals surface area (Å²) in [7, 11) is -0.892. The number of esters is 1. The molecule has 0 saturated heterocycles. The molecule has 1 aliphatic rings. The zero-order chi connectivity index (χ0) is 13.8. The predicted octanol–water partition coefficient (Wildman–Crippen LogP) is -0.947. The molecule has 106 valence electrons. The van der Waals surface area contributed by atoms with Gasteiger partial charge in [-0.1, -0.05) is 0 Å². The molecule has 0 aliphatic heterocycles. The van der Waals surface area contributed by atoms with Crippen molar-refractivity contribution in [3.8, 4) is 0 Å². The number of nitrogens with one attached hydrogen (secondary N) is 1. The molecule has 0 spiro atoms. The van der Waals surface area contributed by atoms with Gasteiger partial charge < -0.3 is 10.5 Å². The number of hydrogen-bond acceptors (Lipinski definition) is 5. The molecule has 8 heteroatoms. The SMILES string of the molecule is COC(=O)CCN(C)S(=O)(=O)NC(CN)C1CC1. The van der Waals surface area contributed by atoms with Gasteiger partial charge in [-0.05, 0) is 18.8 Å². The number of carbonyl (C=O) groups excluding carboxylic acids is 1. The lowest BCUT2D eigenvalue weighted by Gasteiger charge is -2.22. The quantitative estimate of drug-likeness (QED) is 0.558. The second-order valence-electron chi connectivity index (χ2n) is 4.45. The van der Waals surface area contributed by atoms with Gasteiger partial charge in [-0.2, -0.15) is 17.4 Å². The van der Waals surface area contributed by atoms with Crippen LogP contribution >= 0.6 is 0 Å². The third kappa shape index (κ3) is 4.52. The molecule has 3 N–H and O–H groups in total. The highest BCUT2D eigenvalue weighted by Gasteiger charge is 2.34. The Morgan fingerprint density at radius 2 is 2.17 bits per heavy atom. The van der Waals surface area contributed by atoms with Crippen LogP contribution in [0, 0.1) is 5.92 Å². The maximum atomic E-state index is 11.9. The van der Waals surface area contributed by atoms with E-state index in [2.05, 4.69) is 9.46 Å². The van der Waals surface area contributed by atoms with E-state index in [9.17, 15) is 13.2 Å². The largest absolute Gasteiger partial charge is 0.469 e. The summed E-state index contributed by atoms with van der Waals surface area (Å²) in [5.74, 6) is -0.0894. The van der Waals surface area contributed by atoms with Crippen LogP contribution in [0.5, 0.6) is 0 Å². The minimum Gasteiger partial charge on any atom is -0.469 e. The first kappa shape index (κ1) is 15.4. The van der Waals surface area contributed by atoms with Crippen LogP contribution in [-0.2, 0) is 19.7 Å².